The average molecular weight is 499 g/mol. The average Bonchev–Trinajstić information content (AvgIpc) is 3.16. The van der Waals surface area contributed by atoms with Crippen molar-refractivity contribution < 1.29 is 33.3 Å². The fourth-order valence-electron chi connectivity index (χ4n) is 3.97. The van der Waals surface area contributed by atoms with E-state index in [1.54, 1.807) is 46.8 Å². The van der Waals surface area contributed by atoms with Gasteiger partial charge in [-0.05, 0) is 58.9 Å². The molecule has 10 heteroatoms. The minimum Gasteiger partial charge on any atom is -0.342 e. The van der Waals surface area contributed by atoms with Gasteiger partial charge in [-0.3, -0.25) is 9.59 Å². The van der Waals surface area contributed by atoms with Gasteiger partial charge in [0, 0.05) is 10.2 Å². The first-order chi connectivity index (χ1) is 14.4. The molecule has 0 spiro atoms. The Kier molecular flexibility index (Phi) is 5.91. The summed E-state index contributed by atoms with van der Waals surface area (Å²) in [6, 6.07) is 6.35. The van der Waals surface area contributed by atoms with Crippen LogP contribution in [0.1, 0.15) is 34.6 Å². The highest BCUT2D eigenvalue weighted by molar-refractivity contribution is 9.10. The van der Waals surface area contributed by atoms with E-state index in [1.165, 1.54) is 0 Å². The van der Waals surface area contributed by atoms with E-state index in [0.29, 0.717) is 5.69 Å². The molecule has 0 saturated carbocycles. The van der Waals surface area contributed by atoms with Gasteiger partial charge in [-0.1, -0.05) is 15.9 Å². The fraction of sp³-hybridized carbons (Fsp3) is 0.619. The summed E-state index contributed by atoms with van der Waals surface area (Å²) in [6.07, 6.45) is -3.57. The van der Waals surface area contributed by atoms with Crippen molar-refractivity contribution in [2.45, 2.75) is 82.9 Å². The number of nitrogens with one attached hydrogen (secondary N) is 2. The molecule has 2 amide bonds. The lowest BCUT2D eigenvalue weighted by Crippen LogP contribution is -2.60. The third kappa shape index (κ3) is 4.79. The van der Waals surface area contributed by atoms with E-state index < -0.39 is 54.2 Å². The molecule has 3 aliphatic rings. The molecule has 1 aromatic carbocycles. The smallest absolute Gasteiger partial charge is 0.252 e. The maximum absolute atomic E-state index is 13.1. The number of amides is 2. The number of hydrogen-bond donors (Lipinski definition) is 2. The second kappa shape index (κ2) is 8.09. The van der Waals surface area contributed by atoms with Crippen LogP contribution in [-0.4, -0.2) is 60.1 Å². The molecule has 31 heavy (non-hydrogen) atoms. The predicted octanol–water partition coefficient (Wildman–Crippen LogP) is 2.29. The summed E-state index contributed by atoms with van der Waals surface area (Å²) < 4.78 is 30.5. The largest absolute Gasteiger partial charge is 0.342 e. The molecule has 0 aromatic heterocycles. The Morgan fingerprint density at radius 1 is 0.935 bits per heavy atom. The monoisotopic (exact) mass is 498 g/mol. The van der Waals surface area contributed by atoms with Crippen LogP contribution in [-0.2, 0) is 33.3 Å². The summed E-state index contributed by atoms with van der Waals surface area (Å²) in [7, 11) is 0. The highest BCUT2D eigenvalue weighted by atomic mass is 79.9. The lowest BCUT2D eigenvalue weighted by atomic mass is 9.98. The zero-order valence-electron chi connectivity index (χ0n) is 18.0. The quantitative estimate of drug-likeness (QED) is 0.655. The number of anilines is 1. The van der Waals surface area contributed by atoms with E-state index in [1.807, 2.05) is 12.1 Å². The highest BCUT2D eigenvalue weighted by Gasteiger charge is 2.62. The van der Waals surface area contributed by atoms with Crippen LogP contribution in [0.5, 0.6) is 0 Å². The molecule has 0 radical (unpaired) electrons. The Morgan fingerprint density at radius 2 is 1.52 bits per heavy atom. The molecule has 0 unspecified atom stereocenters. The van der Waals surface area contributed by atoms with Crippen LogP contribution < -0.4 is 10.6 Å². The van der Waals surface area contributed by atoms with E-state index in [-0.39, 0.29) is 5.91 Å². The summed E-state index contributed by atoms with van der Waals surface area (Å²) >= 11 is 3.35. The number of benzene rings is 1. The predicted molar refractivity (Wildman–Crippen MR) is 113 cm³/mol. The van der Waals surface area contributed by atoms with Gasteiger partial charge in [0.2, 0.25) is 5.91 Å². The van der Waals surface area contributed by atoms with Gasteiger partial charge in [0.25, 0.3) is 5.91 Å². The number of carbonyl (C=O) groups is 2. The van der Waals surface area contributed by atoms with Crippen LogP contribution in [0.2, 0.25) is 0 Å². The summed E-state index contributed by atoms with van der Waals surface area (Å²) in [5, 5.41) is 5.47. The number of fused-ring (bicyclic) bond motifs is 3. The first-order valence-corrected chi connectivity index (χ1v) is 11.0. The Balaban J connectivity index is 1.44. The second-order valence-electron chi connectivity index (χ2n) is 8.82. The van der Waals surface area contributed by atoms with Crippen molar-refractivity contribution in [2.24, 2.45) is 0 Å². The Morgan fingerprint density at radius 3 is 2.19 bits per heavy atom. The van der Waals surface area contributed by atoms with Crippen LogP contribution in [0, 0.1) is 0 Å². The van der Waals surface area contributed by atoms with Crippen LogP contribution in [0.25, 0.3) is 0 Å². The SMILES string of the molecule is C[C@H](NC(=O)[C@@H]1O[C@@H]2OC(C)(C)O[C@@H]2[C@H]2OC(C)(C)O[C@@H]21)C(=O)Nc1ccc(Br)cc1. The molecule has 6 atom stereocenters. The molecule has 3 fully saturated rings. The highest BCUT2D eigenvalue weighted by Crippen LogP contribution is 2.44. The van der Waals surface area contributed by atoms with Crippen molar-refractivity contribution in [1.29, 1.82) is 0 Å². The number of ether oxygens (including phenoxy) is 5. The lowest BCUT2D eigenvalue weighted by molar-refractivity contribution is -0.231. The molecule has 0 aliphatic carbocycles. The van der Waals surface area contributed by atoms with Gasteiger partial charge in [0.1, 0.15) is 24.4 Å². The molecular weight excluding hydrogens is 472 g/mol. The van der Waals surface area contributed by atoms with Crippen molar-refractivity contribution in [1.82, 2.24) is 5.32 Å². The van der Waals surface area contributed by atoms with Gasteiger partial charge in [0.15, 0.2) is 24.0 Å². The first kappa shape index (κ1) is 22.6. The van der Waals surface area contributed by atoms with E-state index in [2.05, 4.69) is 26.6 Å². The first-order valence-electron chi connectivity index (χ1n) is 10.2. The normalized spacial score (nSPS) is 33.8. The summed E-state index contributed by atoms with van der Waals surface area (Å²) in [5.41, 5.74) is 0.624. The second-order valence-corrected chi connectivity index (χ2v) is 9.73. The van der Waals surface area contributed by atoms with E-state index in [0.717, 1.165) is 4.47 Å². The van der Waals surface area contributed by atoms with Gasteiger partial charge in [-0.25, -0.2) is 0 Å². The molecule has 2 N–H and O–H groups in total. The number of hydrogen-bond acceptors (Lipinski definition) is 7. The fourth-order valence-corrected chi connectivity index (χ4v) is 4.23. The molecular formula is C21H27BrN2O7. The lowest BCUT2D eigenvalue weighted by Gasteiger charge is -2.36. The molecule has 3 aliphatic heterocycles. The number of halogens is 1. The van der Waals surface area contributed by atoms with Crippen molar-refractivity contribution in [2.75, 3.05) is 5.32 Å². The zero-order chi connectivity index (χ0) is 22.6. The third-order valence-corrected chi connectivity index (χ3v) is 5.81. The van der Waals surface area contributed by atoms with E-state index >= 15 is 0 Å². The Bertz CT molecular complexity index is 860. The molecule has 0 bridgehead atoms. The van der Waals surface area contributed by atoms with Crippen LogP contribution in [0.3, 0.4) is 0 Å². The van der Waals surface area contributed by atoms with Crippen LogP contribution >= 0.6 is 15.9 Å². The molecule has 3 saturated heterocycles. The summed E-state index contributed by atoms with van der Waals surface area (Å²) in [4.78, 5) is 25.6. The topological polar surface area (TPSA) is 104 Å². The van der Waals surface area contributed by atoms with Crippen molar-refractivity contribution in [3.05, 3.63) is 28.7 Å². The van der Waals surface area contributed by atoms with Crippen molar-refractivity contribution >= 4 is 33.4 Å². The molecule has 3 heterocycles. The molecule has 170 valence electrons. The summed E-state index contributed by atoms with van der Waals surface area (Å²) in [6.45, 7) is 8.68. The summed E-state index contributed by atoms with van der Waals surface area (Å²) in [5.74, 6) is -2.63. The number of carbonyl (C=O) groups excluding carboxylic acids is 2. The van der Waals surface area contributed by atoms with Gasteiger partial charge < -0.3 is 34.3 Å². The van der Waals surface area contributed by atoms with Gasteiger partial charge in [-0.2, -0.15) is 0 Å². The van der Waals surface area contributed by atoms with Gasteiger partial charge in [0.05, 0.1) is 0 Å². The van der Waals surface area contributed by atoms with Gasteiger partial charge >= 0.3 is 0 Å². The van der Waals surface area contributed by atoms with Crippen LogP contribution in [0.4, 0.5) is 5.69 Å². The van der Waals surface area contributed by atoms with Gasteiger partial charge in [-0.15, -0.1) is 0 Å². The van der Waals surface area contributed by atoms with Crippen molar-refractivity contribution in [3.8, 4) is 0 Å². The zero-order valence-corrected chi connectivity index (χ0v) is 19.6. The number of rotatable bonds is 4. The van der Waals surface area contributed by atoms with Crippen LogP contribution in [0.15, 0.2) is 28.7 Å². The van der Waals surface area contributed by atoms with E-state index in [9.17, 15) is 9.59 Å². The molecule has 1 aromatic rings. The van der Waals surface area contributed by atoms with E-state index in [4.69, 9.17) is 23.7 Å². The third-order valence-electron chi connectivity index (χ3n) is 5.28. The van der Waals surface area contributed by atoms with Crippen molar-refractivity contribution in [3.63, 3.8) is 0 Å². The molecule has 4 rings (SSSR count). The maximum atomic E-state index is 13.1. The minimum atomic E-state index is -1.02. The standard InChI is InChI=1S/C21H27BrN2O7/c1-10(17(25)24-12-8-6-11(22)7-9-12)23-18(26)15-13-14(29-20(2,3)28-13)16-19(27-15)31-21(4,5)30-16/h6-10,13-16,19H,1-5H3,(H,23,26)(H,24,25)/t10-,13-,14-,15+,16+,19+/m0/s1. The molecule has 9 nitrogen and oxygen atoms in total. The Hall–Kier alpha value is -1.56. The minimum absolute atomic E-state index is 0.355. The maximum Gasteiger partial charge on any atom is 0.252 e. The Labute approximate surface area is 189 Å².